The summed E-state index contributed by atoms with van der Waals surface area (Å²) in [7, 11) is 0. The van der Waals surface area contributed by atoms with Gasteiger partial charge in [-0.25, -0.2) is 0 Å². The Bertz CT molecular complexity index is 228. The van der Waals surface area contributed by atoms with Gasteiger partial charge in [0.2, 0.25) is 0 Å². The van der Waals surface area contributed by atoms with E-state index in [1.165, 1.54) is 0 Å². The van der Waals surface area contributed by atoms with E-state index in [-0.39, 0.29) is 5.92 Å². The molecule has 3 heteroatoms. The lowest BCUT2D eigenvalue weighted by Gasteiger charge is -2.34. The van der Waals surface area contributed by atoms with Crippen molar-refractivity contribution < 1.29 is 14.9 Å². The van der Waals surface area contributed by atoms with E-state index in [1.54, 1.807) is 0 Å². The van der Waals surface area contributed by atoms with Crippen molar-refractivity contribution in [3.63, 3.8) is 0 Å². The molecule has 2 heterocycles. The van der Waals surface area contributed by atoms with E-state index in [0.717, 1.165) is 0 Å². The van der Waals surface area contributed by atoms with E-state index in [4.69, 9.17) is 4.74 Å². The van der Waals surface area contributed by atoms with Crippen molar-refractivity contribution in [3.8, 4) is 0 Å². The second-order valence-corrected chi connectivity index (χ2v) is 4.96. The van der Waals surface area contributed by atoms with Gasteiger partial charge in [0.25, 0.3) is 0 Å². The van der Waals surface area contributed by atoms with Crippen LogP contribution in [0.4, 0.5) is 0 Å². The Balaban J connectivity index is 2.32. The van der Waals surface area contributed by atoms with Gasteiger partial charge >= 0.3 is 0 Å². The van der Waals surface area contributed by atoms with Crippen LogP contribution in [-0.2, 0) is 4.74 Å². The van der Waals surface area contributed by atoms with Crippen LogP contribution in [-0.4, -0.2) is 33.6 Å². The quantitative estimate of drug-likeness (QED) is 0.633. The summed E-state index contributed by atoms with van der Waals surface area (Å²) in [6.07, 6.45) is 0.300. The van der Waals surface area contributed by atoms with Gasteiger partial charge in [-0.15, -0.1) is 0 Å². The van der Waals surface area contributed by atoms with Gasteiger partial charge in [-0.3, -0.25) is 0 Å². The van der Waals surface area contributed by atoms with Crippen molar-refractivity contribution in [3.05, 3.63) is 0 Å². The fourth-order valence-electron chi connectivity index (χ4n) is 2.74. The largest absolute Gasteiger partial charge is 0.390 e. The van der Waals surface area contributed by atoms with Crippen molar-refractivity contribution in [2.24, 2.45) is 5.92 Å². The predicted molar refractivity (Wildman–Crippen MR) is 48.3 cm³/mol. The Labute approximate surface area is 78.7 Å². The smallest absolute Gasteiger partial charge is 0.0998 e. The highest BCUT2D eigenvalue weighted by Gasteiger charge is 2.64. The molecule has 0 aromatic rings. The zero-order chi connectivity index (χ0) is 9.85. The zero-order valence-electron chi connectivity index (χ0n) is 8.45. The molecule has 3 nitrogen and oxygen atoms in total. The molecule has 76 valence electrons. The van der Waals surface area contributed by atoms with E-state index in [0.29, 0.717) is 12.8 Å². The van der Waals surface area contributed by atoms with E-state index in [1.807, 2.05) is 20.8 Å². The maximum Gasteiger partial charge on any atom is 0.0998 e. The minimum absolute atomic E-state index is 0.251. The number of hydrogen-bond donors (Lipinski definition) is 2. The number of hydrogen-bond acceptors (Lipinski definition) is 3. The fourth-order valence-corrected chi connectivity index (χ4v) is 2.74. The van der Waals surface area contributed by atoms with Gasteiger partial charge in [0.1, 0.15) is 0 Å². The van der Waals surface area contributed by atoms with E-state index in [2.05, 4.69) is 0 Å². The first-order chi connectivity index (χ1) is 5.91. The van der Waals surface area contributed by atoms with E-state index in [9.17, 15) is 10.2 Å². The van der Waals surface area contributed by atoms with E-state index >= 15 is 0 Å². The number of ether oxygens (including phenoxy) is 1. The summed E-state index contributed by atoms with van der Waals surface area (Å²) in [6.45, 7) is 5.96. The lowest BCUT2D eigenvalue weighted by molar-refractivity contribution is -0.102. The molecule has 0 aromatic heterocycles. The summed E-state index contributed by atoms with van der Waals surface area (Å²) in [5.41, 5.74) is -1.00. The molecule has 2 N–H and O–H groups in total. The molecule has 0 amide bonds. The van der Waals surface area contributed by atoms with Crippen LogP contribution in [0.15, 0.2) is 0 Å². The molecule has 0 radical (unpaired) electrons. The molecule has 4 atom stereocenters. The Morgan fingerprint density at radius 3 is 2.15 bits per heavy atom. The Morgan fingerprint density at radius 1 is 1.23 bits per heavy atom. The highest BCUT2D eigenvalue weighted by Crippen LogP contribution is 2.53. The van der Waals surface area contributed by atoms with Gasteiger partial charge in [-0.1, -0.05) is 13.8 Å². The first-order valence-corrected chi connectivity index (χ1v) is 4.97. The second kappa shape index (κ2) is 2.47. The Kier molecular flexibility index (Phi) is 1.79. The molecule has 2 saturated heterocycles. The van der Waals surface area contributed by atoms with Gasteiger partial charge in [-0.05, 0) is 12.8 Å². The van der Waals surface area contributed by atoms with Gasteiger partial charge in [0, 0.05) is 12.8 Å². The number of aliphatic hydroxyl groups is 2. The number of fused-ring (bicyclic) bond motifs is 2. The van der Waals surface area contributed by atoms with Crippen LogP contribution < -0.4 is 0 Å². The standard InChI is InChI=1S/C10H18O3/c1-6(2)10-5-7(11)9(3,13-10)4-8(10)12/h6-8,11-12H,4-5H2,1-3H3/t7-,8+,9+,10-/m1/s1. The molecule has 13 heavy (non-hydrogen) atoms. The first-order valence-electron chi connectivity index (χ1n) is 4.97. The molecule has 2 aliphatic rings. The molecule has 0 unspecified atom stereocenters. The minimum atomic E-state index is -0.510. The van der Waals surface area contributed by atoms with Crippen LogP contribution in [0.25, 0.3) is 0 Å². The summed E-state index contributed by atoms with van der Waals surface area (Å²) >= 11 is 0. The predicted octanol–water partition coefficient (Wildman–Crippen LogP) is 0.686. The van der Waals surface area contributed by atoms with Gasteiger partial charge in [0.05, 0.1) is 23.4 Å². The van der Waals surface area contributed by atoms with Crippen molar-refractivity contribution in [2.75, 3.05) is 0 Å². The third-order valence-electron chi connectivity index (χ3n) is 3.78. The monoisotopic (exact) mass is 186 g/mol. The molecule has 2 bridgehead atoms. The molecular weight excluding hydrogens is 168 g/mol. The summed E-state index contributed by atoms with van der Waals surface area (Å²) < 4.78 is 5.83. The molecule has 2 aliphatic heterocycles. The summed E-state index contributed by atoms with van der Waals surface area (Å²) in [6, 6.07) is 0. The highest BCUT2D eigenvalue weighted by atomic mass is 16.6. The summed E-state index contributed by atoms with van der Waals surface area (Å²) in [5, 5.41) is 19.7. The number of rotatable bonds is 1. The average Bonchev–Trinajstić information content (AvgIpc) is 2.37. The highest BCUT2D eigenvalue weighted by molar-refractivity contribution is 5.13. The lowest BCUT2D eigenvalue weighted by Crippen LogP contribution is -2.46. The van der Waals surface area contributed by atoms with Crippen molar-refractivity contribution in [1.82, 2.24) is 0 Å². The van der Waals surface area contributed by atoms with Gasteiger partial charge < -0.3 is 14.9 Å². The third kappa shape index (κ3) is 1.01. The maximum absolute atomic E-state index is 9.89. The summed E-state index contributed by atoms with van der Waals surface area (Å²) in [5.74, 6) is 0.251. The molecule has 0 aromatic carbocycles. The molecular formula is C10H18O3. The van der Waals surface area contributed by atoms with Crippen LogP contribution in [0.1, 0.15) is 33.6 Å². The second-order valence-electron chi connectivity index (χ2n) is 4.96. The van der Waals surface area contributed by atoms with Crippen LogP contribution in [0.5, 0.6) is 0 Å². The van der Waals surface area contributed by atoms with Crippen molar-refractivity contribution in [2.45, 2.75) is 57.0 Å². The molecule has 2 rings (SSSR count). The van der Waals surface area contributed by atoms with E-state index < -0.39 is 23.4 Å². The van der Waals surface area contributed by atoms with Crippen LogP contribution in [0.3, 0.4) is 0 Å². The van der Waals surface area contributed by atoms with Crippen molar-refractivity contribution >= 4 is 0 Å². The molecule has 0 aliphatic carbocycles. The van der Waals surface area contributed by atoms with Crippen LogP contribution >= 0.6 is 0 Å². The molecule has 0 spiro atoms. The summed E-state index contributed by atoms with van der Waals surface area (Å²) in [4.78, 5) is 0. The normalized spacial score (nSPS) is 54.9. The fraction of sp³-hybridized carbons (Fsp3) is 1.00. The van der Waals surface area contributed by atoms with Gasteiger partial charge in [-0.2, -0.15) is 0 Å². The van der Waals surface area contributed by atoms with Crippen molar-refractivity contribution in [1.29, 1.82) is 0 Å². The first kappa shape index (κ1) is 9.44. The Hall–Kier alpha value is -0.120. The maximum atomic E-state index is 9.89. The molecule has 0 saturated carbocycles. The Morgan fingerprint density at radius 2 is 1.85 bits per heavy atom. The SMILES string of the molecule is CC(C)[C@]12C[C@@H](O)[C@](C)(C[C@@H]1O)O2. The minimum Gasteiger partial charge on any atom is -0.390 e. The molecule has 2 fully saturated rings. The lowest BCUT2D eigenvalue weighted by atomic mass is 9.74. The number of aliphatic hydroxyl groups excluding tert-OH is 2. The van der Waals surface area contributed by atoms with Crippen LogP contribution in [0, 0.1) is 5.92 Å². The zero-order valence-corrected chi connectivity index (χ0v) is 8.45. The van der Waals surface area contributed by atoms with Crippen LogP contribution in [0.2, 0.25) is 0 Å². The average molecular weight is 186 g/mol. The van der Waals surface area contributed by atoms with Gasteiger partial charge in [0.15, 0.2) is 0 Å². The third-order valence-corrected chi connectivity index (χ3v) is 3.78. The topological polar surface area (TPSA) is 49.7 Å².